The molecular formula is C14H18ClN3O3S. The molecule has 1 N–H and O–H groups in total. The van der Waals surface area contributed by atoms with Gasteiger partial charge in [-0.2, -0.15) is 9.04 Å². The molecule has 1 aliphatic rings. The Morgan fingerprint density at radius 3 is 2.82 bits per heavy atom. The minimum atomic E-state index is -3.54. The first-order valence-electron chi connectivity index (χ1n) is 6.91. The van der Waals surface area contributed by atoms with Crippen molar-refractivity contribution in [1.82, 2.24) is 9.62 Å². The first kappa shape index (κ1) is 17.0. The van der Waals surface area contributed by atoms with E-state index >= 15 is 0 Å². The Morgan fingerprint density at radius 1 is 1.18 bits per heavy atom. The van der Waals surface area contributed by atoms with E-state index in [1.807, 2.05) is 0 Å². The molecule has 0 radical (unpaired) electrons. The number of rotatable bonds is 2. The van der Waals surface area contributed by atoms with Gasteiger partial charge in [0.05, 0.1) is 4.90 Å². The number of aromatic nitrogens is 1. The van der Waals surface area contributed by atoms with Gasteiger partial charge in [0.25, 0.3) is 0 Å². The molecule has 2 aromatic rings. The van der Waals surface area contributed by atoms with Crippen molar-refractivity contribution in [3.05, 3.63) is 41.9 Å². The number of benzene rings is 1. The zero-order valence-electron chi connectivity index (χ0n) is 11.9. The van der Waals surface area contributed by atoms with Crippen LogP contribution in [0.5, 0.6) is 0 Å². The number of pyridine rings is 1. The van der Waals surface area contributed by atoms with Gasteiger partial charge in [-0.05, 0) is 25.1 Å². The van der Waals surface area contributed by atoms with Crippen LogP contribution in [0.4, 0.5) is 0 Å². The van der Waals surface area contributed by atoms with Gasteiger partial charge in [-0.25, -0.2) is 8.42 Å². The number of hydrogen-bond acceptors (Lipinski definition) is 4. The Labute approximate surface area is 135 Å². The van der Waals surface area contributed by atoms with Crippen LogP contribution in [0, 0.1) is 5.21 Å². The summed E-state index contributed by atoms with van der Waals surface area (Å²) in [7, 11) is -3.54. The van der Waals surface area contributed by atoms with Crippen molar-refractivity contribution >= 4 is 33.2 Å². The van der Waals surface area contributed by atoms with E-state index in [4.69, 9.17) is 0 Å². The lowest BCUT2D eigenvalue weighted by Gasteiger charge is -2.20. The van der Waals surface area contributed by atoms with Crippen molar-refractivity contribution in [3.8, 4) is 0 Å². The van der Waals surface area contributed by atoms with Crippen LogP contribution >= 0.6 is 12.4 Å². The highest BCUT2D eigenvalue weighted by atomic mass is 35.5. The smallest absolute Gasteiger partial charge is 0.243 e. The molecule has 0 amide bonds. The van der Waals surface area contributed by atoms with Gasteiger partial charge < -0.3 is 10.5 Å². The lowest BCUT2D eigenvalue weighted by molar-refractivity contribution is -0.603. The molecule has 0 aliphatic carbocycles. The van der Waals surface area contributed by atoms with E-state index in [9.17, 15) is 13.6 Å². The molecule has 1 aliphatic heterocycles. The normalized spacial score (nSPS) is 16.9. The van der Waals surface area contributed by atoms with Crippen LogP contribution in [0.2, 0.25) is 0 Å². The molecule has 1 fully saturated rings. The standard InChI is InChI=1S/C14H17N3O3S.ClH/c18-16-9-5-13-12(11-16)3-1-4-14(13)21(19,20)17-8-2-6-15-7-10-17;/h1,3-5,9,11,15H,2,6-8,10H2;1H. The summed E-state index contributed by atoms with van der Waals surface area (Å²) in [6.07, 6.45) is 3.51. The Kier molecular flexibility index (Phi) is 5.23. The molecule has 1 saturated heterocycles. The summed E-state index contributed by atoms with van der Waals surface area (Å²) >= 11 is 0. The van der Waals surface area contributed by atoms with E-state index in [1.54, 1.807) is 24.3 Å². The average molecular weight is 344 g/mol. The van der Waals surface area contributed by atoms with Gasteiger partial charge in [-0.3, -0.25) is 0 Å². The van der Waals surface area contributed by atoms with Crippen molar-refractivity contribution in [2.24, 2.45) is 0 Å². The zero-order chi connectivity index (χ0) is 14.9. The second-order valence-corrected chi connectivity index (χ2v) is 6.98. The molecule has 120 valence electrons. The van der Waals surface area contributed by atoms with Crippen molar-refractivity contribution in [1.29, 1.82) is 0 Å². The van der Waals surface area contributed by atoms with Gasteiger partial charge in [0.15, 0.2) is 12.4 Å². The second kappa shape index (κ2) is 6.78. The summed E-state index contributed by atoms with van der Waals surface area (Å²) in [5.41, 5.74) is 0. The minimum Gasteiger partial charge on any atom is -0.619 e. The van der Waals surface area contributed by atoms with Crippen molar-refractivity contribution in [3.63, 3.8) is 0 Å². The van der Waals surface area contributed by atoms with Crippen LogP contribution in [-0.4, -0.2) is 38.9 Å². The molecule has 1 aromatic carbocycles. The number of sulfonamides is 1. The third kappa shape index (κ3) is 3.17. The summed E-state index contributed by atoms with van der Waals surface area (Å²) in [5, 5.41) is 15.7. The lowest BCUT2D eigenvalue weighted by Crippen LogP contribution is -2.34. The highest BCUT2D eigenvalue weighted by Crippen LogP contribution is 2.25. The third-order valence-corrected chi connectivity index (χ3v) is 5.63. The number of halogens is 1. The Hall–Kier alpha value is -1.41. The third-order valence-electron chi connectivity index (χ3n) is 3.67. The van der Waals surface area contributed by atoms with E-state index < -0.39 is 10.0 Å². The Morgan fingerprint density at radius 2 is 2.00 bits per heavy atom. The summed E-state index contributed by atoms with van der Waals surface area (Å²) in [6.45, 7) is 2.47. The minimum absolute atomic E-state index is 0. The first-order valence-corrected chi connectivity index (χ1v) is 8.35. The molecule has 0 unspecified atom stereocenters. The number of nitrogens with zero attached hydrogens (tertiary/aromatic N) is 2. The second-order valence-electron chi connectivity index (χ2n) is 5.07. The van der Waals surface area contributed by atoms with E-state index in [2.05, 4.69) is 5.32 Å². The van der Waals surface area contributed by atoms with Crippen molar-refractivity contribution in [2.75, 3.05) is 26.2 Å². The monoisotopic (exact) mass is 343 g/mol. The Bertz CT molecular complexity index is 759. The van der Waals surface area contributed by atoms with Gasteiger partial charge in [-0.15, -0.1) is 12.4 Å². The average Bonchev–Trinajstić information content (AvgIpc) is 2.75. The van der Waals surface area contributed by atoms with Crippen LogP contribution in [-0.2, 0) is 10.0 Å². The quantitative estimate of drug-likeness (QED) is 0.648. The van der Waals surface area contributed by atoms with E-state index in [0.717, 1.165) is 13.0 Å². The highest BCUT2D eigenvalue weighted by molar-refractivity contribution is 7.89. The molecule has 2 heterocycles. The number of nitrogens with one attached hydrogen (secondary N) is 1. The fourth-order valence-electron chi connectivity index (χ4n) is 2.61. The topological polar surface area (TPSA) is 76.3 Å². The van der Waals surface area contributed by atoms with Crippen LogP contribution < -0.4 is 10.0 Å². The first-order chi connectivity index (χ1) is 10.1. The van der Waals surface area contributed by atoms with Gasteiger partial charge >= 0.3 is 0 Å². The molecule has 0 saturated carbocycles. The molecule has 0 spiro atoms. The fourth-order valence-corrected chi connectivity index (χ4v) is 4.30. The van der Waals surface area contributed by atoms with Gasteiger partial charge in [0, 0.05) is 36.5 Å². The largest absolute Gasteiger partial charge is 0.619 e. The summed E-state index contributed by atoms with van der Waals surface area (Å²) in [5.74, 6) is 0. The van der Waals surface area contributed by atoms with E-state index in [0.29, 0.717) is 35.1 Å². The number of hydrogen-bond donors (Lipinski definition) is 1. The molecule has 0 atom stereocenters. The molecule has 6 nitrogen and oxygen atoms in total. The van der Waals surface area contributed by atoms with Crippen molar-refractivity contribution in [2.45, 2.75) is 11.3 Å². The SMILES string of the molecule is Cl.O=S(=O)(c1cccc2c[n+]([O-])ccc12)N1CCCNCC1. The Balaban J connectivity index is 0.00000176. The fraction of sp³-hybridized carbons (Fsp3) is 0.357. The summed E-state index contributed by atoms with van der Waals surface area (Å²) in [6, 6.07) is 6.58. The molecular weight excluding hydrogens is 326 g/mol. The lowest BCUT2D eigenvalue weighted by atomic mass is 10.2. The van der Waals surface area contributed by atoms with Crippen LogP contribution in [0.25, 0.3) is 10.8 Å². The highest BCUT2D eigenvalue weighted by Gasteiger charge is 2.26. The van der Waals surface area contributed by atoms with Gasteiger partial charge in [0.1, 0.15) is 0 Å². The van der Waals surface area contributed by atoms with Crippen LogP contribution in [0.15, 0.2) is 41.6 Å². The number of fused-ring (bicyclic) bond motifs is 1. The van der Waals surface area contributed by atoms with E-state index in [1.165, 1.54) is 16.7 Å². The zero-order valence-corrected chi connectivity index (χ0v) is 13.6. The molecule has 3 rings (SSSR count). The van der Waals surface area contributed by atoms with Crippen LogP contribution in [0.3, 0.4) is 0 Å². The molecule has 1 aromatic heterocycles. The van der Waals surface area contributed by atoms with Gasteiger partial charge in [-0.1, -0.05) is 6.07 Å². The summed E-state index contributed by atoms with van der Waals surface area (Å²) < 4.78 is 27.9. The van der Waals surface area contributed by atoms with Crippen LogP contribution in [0.1, 0.15) is 6.42 Å². The van der Waals surface area contributed by atoms with Crippen molar-refractivity contribution < 1.29 is 13.1 Å². The maximum absolute atomic E-state index is 12.9. The molecule has 8 heteroatoms. The maximum atomic E-state index is 12.9. The van der Waals surface area contributed by atoms with Gasteiger partial charge in [0.2, 0.25) is 10.0 Å². The predicted molar refractivity (Wildman–Crippen MR) is 86.4 cm³/mol. The molecule has 0 bridgehead atoms. The maximum Gasteiger partial charge on any atom is 0.243 e. The predicted octanol–water partition coefficient (Wildman–Crippen LogP) is 0.879. The summed E-state index contributed by atoms with van der Waals surface area (Å²) in [4.78, 5) is 0.266. The van der Waals surface area contributed by atoms with E-state index in [-0.39, 0.29) is 17.3 Å². The molecule has 22 heavy (non-hydrogen) atoms.